The number of rotatable bonds is 4. The lowest BCUT2D eigenvalue weighted by molar-refractivity contribution is 0.241. The molecule has 0 atom stereocenters. The van der Waals surface area contributed by atoms with Gasteiger partial charge in [0.2, 0.25) is 0 Å². The molecular weight excluding hydrogens is 349 g/mol. The molecule has 0 N–H and O–H groups in total. The van der Waals surface area contributed by atoms with E-state index in [1.165, 1.54) is 12.1 Å². The highest BCUT2D eigenvalue weighted by atomic mass is 19.1. The molecule has 140 valence electrons. The molecule has 1 aromatic heterocycles. The van der Waals surface area contributed by atoms with E-state index in [-0.39, 0.29) is 11.4 Å². The first-order chi connectivity index (χ1) is 13.1. The third-order valence-electron chi connectivity index (χ3n) is 5.00. The van der Waals surface area contributed by atoms with Crippen LogP contribution in [-0.2, 0) is 19.5 Å². The lowest BCUT2D eigenvalue weighted by Crippen LogP contribution is -2.33. The fourth-order valence-electron chi connectivity index (χ4n) is 3.63. The summed E-state index contributed by atoms with van der Waals surface area (Å²) in [6.07, 6.45) is 0.730. The lowest BCUT2D eigenvalue weighted by atomic mass is 9.97. The van der Waals surface area contributed by atoms with Crippen molar-refractivity contribution >= 4 is 11.0 Å². The predicted octanol–water partition coefficient (Wildman–Crippen LogP) is 3.51. The number of ether oxygens (including phenoxy) is 2. The van der Waals surface area contributed by atoms with E-state index in [2.05, 4.69) is 4.90 Å². The molecule has 0 bridgehead atoms. The molecule has 1 aliphatic rings. The Morgan fingerprint density at radius 1 is 1.07 bits per heavy atom. The zero-order valence-electron chi connectivity index (χ0n) is 15.3. The number of benzene rings is 2. The maximum absolute atomic E-state index is 13.1. The van der Waals surface area contributed by atoms with E-state index in [9.17, 15) is 9.18 Å². The molecule has 0 saturated carbocycles. The normalized spacial score (nSPS) is 14.2. The minimum absolute atomic E-state index is 0.251. The SMILES string of the molecule is COc1cc2oc(=O)c3c(c2cc1OC)CCN(Cc1ccc(F)cc1)C3. The van der Waals surface area contributed by atoms with Crippen molar-refractivity contribution in [1.29, 1.82) is 0 Å². The molecule has 5 nitrogen and oxygen atoms in total. The van der Waals surface area contributed by atoms with E-state index >= 15 is 0 Å². The highest BCUT2D eigenvalue weighted by molar-refractivity contribution is 5.85. The average Bonchev–Trinajstić information content (AvgIpc) is 2.69. The topological polar surface area (TPSA) is 51.9 Å². The first-order valence-corrected chi connectivity index (χ1v) is 8.76. The molecule has 6 heteroatoms. The first-order valence-electron chi connectivity index (χ1n) is 8.76. The minimum atomic E-state index is -0.325. The van der Waals surface area contributed by atoms with Crippen molar-refractivity contribution in [3.63, 3.8) is 0 Å². The second-order valence-electron chi connectivity index (χ2n) is 6.64. The van der Waals surface area contributed by atoms with Gasteiger partial charge in [0.05, 0.1) is 19.8 Å². The van der Waals surface area contributed by atoms with Crippen LogP contribution in [0, 0.1) is 5.82 Å². The maximum Gasteiger partial charge on any atom is 0.341 e. The summed E-state index contributed by atoms with van der Waals surface area (Å²) >= 11 is 0. The van der Waals surface area contributed by atoms with Gasteiger partial charge in [-0.15, -0.1) is 0 Å². The summed E-state index contributed by atoms with van der Waals surface area (Å²) < 4.78 is 29.3. The summed E-state index contributed by atoms with van der Waals surface area (Å²) in [4.78, 5) is 14.7. The Balaban J connectivity index is 1.70. The van der Waals surface area contributed by atoms with Crippen LogP contribution < -0.4 is 15.1 Å². The molecule has 4 rings (SSSR count). The lowest BCUT2D eigenvalue weighted by Gasteiger charge is -2.28. The number of hydrogen-bond acceptors (Lipinski definition) is 5. The van der Waals surface area contributed by atoms with Gasteiger partial charge in [-0.3, -0.25) is 4.90 Å². The van der Waals surface area contributed by atoms with Gasteiger partial charge in [0, 0.05) is 31.1 Å². The van der Waals surface area contributed by atoms with Gasteiger partial charge >= 0.3 is 5.63 Å². The number of fused-ring (bicyclic) bond motifs is 3. The third-order valence-corrected chi connectivity index (χ3v) is 5.00. The molecule has 0 unspecified atom stereocenters. The first kappa shape index (κ1) is 17.5. The zero-order chi connectivity index (χ0) is 19.0. The van der Waals surface area contributed by atoms with Gasteiger partial charge in [-0.2, -0.15) is 0 Å². The summed E-state index contributed by atoms with van der Waals surface area (Å²) in [7, 11) is 3.13. The predicted molar refractivity (Wildman–Crippen MR) is 99.8 cm³/mol. The molecule has 0 amide bonds. The molecule has 2 heterocycles. The molecule has 0 aliphatic carbocycles. The van der Waals surface area contributed by atoms with Crippen molar-refractivity contribution in [1.82, 2.24) is 4.90 Å². The summed E-state index contributed by atoms with van der Waals surface area (Å²) in [5, 5.41) is 0.878. The van der Waals surface area contributed by atoms with Crippen molar-refractivity contribution < 1.29 is 18.3 Å². The van der Waals surface area contributed by atoms with E-state index in [1.807, 2.05) is 6.07 Å². The van der Waals surface area contributed by atoms with E-state index < -0.39 is 0 Å². The molecule has 2 aromatic carbocycles. The Kier molecular flexibility index (Phi) is 4.58. The fourth-order valence-corrected chi connectivity index (χ4v) is 3.63. The van der Waals surface area contributed by atoms with Gasteiger partial charge in [-0.1, -0.05) is 12.1 Å². The highest BCUT2D eigenvalue weighted by Gasteiger charge is 2.24. The largest absolute Gasteiger partial charge is 0.493 e. The number of halogens is 1. The van der Waals surface area contributed by atoms with E-state index in [0.717, 1.165) is 29.5 Å². The second-order valence-corrected chi connectivity index (χ2v) is 6.64. The molecule has 3 aromatic rings. The summed E-state index contributed by atoms with van der Waals surface area (Å²) in [5.41, 5.74) is 2.86. The standard InChI is InChI=1S/C21H20FNO4/c1-25-19-9-16-15-7-8-23(11-13-3-5-14(22)6-4-13)12-17(15)21(24)27-18(16)10-20(19)26-2/h3-6,9-10H,7-8,11-12H2,1-2H3. The van der Waals surface area contributed by atoms with E-state index in [4.69, 9.17) is 13.9 Å². The van der Waals surface area contributed by atoms with Crippen LogP contribution >= 0.6 is 0 Å². The van der Waals surface area contributed by atoms with Crippen molar-refractivity contribution in [3.8, 4) is 11.5 Å². The number of hydrogen-bond donors (Lipinski definition) is 0. The van der Waals surface area contributed by atoms with Crippen LogP contribution in [0.25, 0.3) is 11.0 Å². The molecule has 0 radical (unpaired) electrons. The summed E-state index contributed by atoms with van der Waals surface area (Å²) in [6.45, 7) is 1.96. The van der Waals surface area contributed by atoms with Crippen molar-refractivity contribution in [2.75, 3.05) is 20.8 Å². The van der Waals surface area contributed by atoms with Gasteiger partial charge in [-0.05, 0) is 35.7 Å². The van der Waals surface area contributed by atoms with Gasteiger partial charge in [-0.25, -0.2) is 9.18 Å². The molecule has 0 fully saturated rings. The summed E-state index contributed by atoms with van der Waals surface area (Å²) in [5.74, 6) is 0.885. The summed E-state index contributed by atoms with van der Waals surface area (Å²) in [6, 6.07) is 10.0. The van der Waals surface area contributed by atoms with Crippen LogP contribution in [0.3, 0.4) is 0 Å². The van der Waals surface area contributed by atoms with Crippen LogP contribution in [0.1, 0.15) is 16.7 Å². The number of methoxy groups -OCH3 is 2. The molecule has 0 spiro atoms. The maximum atomic E-state index is 13.1. The average molecular weight is 369 g/mol. The van der Waals surface area contributed by atoms with E-state index in [1.54, 1.807) is 32.4 Å². The smallest absolute Gasteiger partial charge is 0.341 e. The number of nitrogens with zero attached hydrogens (tertiary/aromatic N) is 1. The molecule has 27 heavy (non-hydrogen) atoms. The van der Waals surface area contributed by atoms with Crippen molar-refractivity contribution in [2.24, 2.45) is 0 Å². The van der Waals surface area contributed by atoms with Gasteiger partial charge < -0.3 is 13.9 Å². The highest BCUT2D eigenvalue weighted by Crippen LogP contribution is 2.35. The van der Waals surface area contributed by atoms with Crippen molar-refractivity contribution in [2.45, 2.75) is 19.5 Å². The van der Waals surface area contributed by atoms with E-state index in [0.29, 0.717) is 35.7 Å². The van der Waals surface area contributed by atoms with Crippen molar-refractivity contribution in [3.05, 3.63) is 69.3 Å². The van der Waals surface area contributed by atoms with Crippen LogP contribution in [0.5, 0.6) is 11.5 Å². The van der Waals surface area contributed by atoms with Crippen LogP contribution in [0.15, 0.2) is 45.6 Å². The fraction of sp³-hybridized carbons (Fsp3) is 0.286. The monoisotopic (exact) mass is 369 g/mol. The molecule has 1 aliphatic heterocycles. The second kappa shape index (κ2) is 7.04. The Morgan fingerprint density at radius 2 is 1.78 bits per heavy atom. The van der Waals surface area contributed by atoms with Crippen LogP contribution in [0.2, 0.25) is 0 Å². The minimum Gasteiger partial charge on any atom is -0.493 e. The van der Waals surface area contributed by atoms with Gasteiger partial charge in [0.15, 0.2) is 11.5 Å². The zero-order valence-corrected chi connectivity index (χ0v) is 15.3. The molecule has 0 saturated heterocycles. The Hall–Kier alpha value is -2.86. The third kappa shape index (κ3) is 3.28. The van der Waals surface area contributed by atoms with Crippen LogP contribution in [0.4, 0.5) is 4.39 Å². The Morgan fingerprint density at radius 3 is 2.48 bits per heavy atom. The van der Waals surface area contributed by atoms with Gasteiger partial charge in [0.1, 0.15) is 11.4 Å². The Labute approximate surface area is 155 Å². The van der Waals surface area contributed by atoms with Gasteiger partial charge in [0.25, 0.3) is 0 Å². The Bertz CT molecular complexity index is 1040. The van der Waals surface area contributed by atoms with Crippen LogP contribution in [-0.4, -0.2) is 25.7 Å². The quantitative estimate of drug-likeness (QED) is 0.659. The molecular formula is C21H20FNO4.